The van der Waals surface area contributed by atoms with Crippen molar-refractivity contribution in [2.75, 3.05) is 5.75 Å². The summed E-state index contributed by atoms with van der Waals surface area (Å²) in [6, 6.07) is 0. The van der Waals surface area contributed by atoms with Gasteiger partial charge >= 0.3 is 33.0 Å². The van der Waals surface area contributed by atoms with Gasteiger partial charge in [-0.3, -0.25) is 4.79 Å². The fraction of sp³-hybridized carbons (Fsp3) is 0.625. The second kappa shape index (κ2) is 6.09. The second-order valence-electron chi connectivity index (χ2n) is 3.13. The Morgan fingerprint density at radius 1 is 1.12 bits per heavy atom. The molecule has 0 heterocycles. The Morgan fingerprint density at radius 3 is 1.82 bits per heavy atom. The van der Waals surface area contributed by atoms with Gasteiger partial charge in [-0.2, -0.15) is 0 Å². The maximum atomic E-state index is 10.8. The van der Waals surface area contributed by atoms with Crippen LogP contribution >= 0.6 is 7.81 Å². The third kappa shape index (κ3) is 49.5. The minimum atomic E-state index is -10.7. The molecule has 17 heavy (non-hydrogen) atoms. The summed E-state index contributed by atoms with van der Waals surface area (Å²) in [6.07, 6.45) is 6.19. The Morgan fingerprint density at radius 2 is 1.53 bits per heavy atom. The van der Waals surface area contributed by atoms with E-state index in [0.29, 0.717) is 6.42 Å². The van der Waals surface area contributed by atoms with Crippen LogP contribution in [0.15, 0.2) is 12.2 Å². The van der Waals surface area contributed by atoms with E-state index >= 15 is 0 Å². The number of carbonyl (C=O) groups is 1. The first-order chi connectivity index (χ1) is 7.26. The van der Waals surface area contributed by atoms with Crippen molar-refractivity contribution >= 4 is 26.2 Å². The third-order valence-electron chi connectivity index (χ3n) is 1.20. The molecule has 0 radical (unpaired) electrons. The van der Waals surface area contributed by atoms with Gasteiger partial charge in [-0.15, -0.1) is 0 Å². The molecule has 0 fully saturated rings. The molecule has 9 heteroatoms. The summed E-state index contributed by atoms with van der Waals surface area (Å²) in [4.78, 5) is 10.8. The normalized spacial score (nSPS) is 15.8. The standard InChI is InChI=1S/C8H14OS.F6P/c1-2-5-8(9)6-3-4-7-10;1-7(2,3,4,5)6/h2,5,10H,3-4,6-7H2,1H3;/q;-1/p+1/b5-2+;. The second-order valence-corrected chi connectivity index (χ2v) is 5.55. The van der Waals surface area contributed by atoms with E-state index in [4.69, 9.17) is 0 Å². The summed E-state index contributed by atoms with van der Waals surface area (Å²) in [5, 5.41) is 0. The molecule has 0 aromatic carbocycles. The first kappa shape index (κ1) is 19.1. The number of unbranched alkanes of at least 4 members (excludes halogenated alkanes) is 1. The van der Waals surface area contributed by atoms with Crippen molar-refractivity contribution in [1.82, 2.24) is 0 Å². The number of hydrogen-bond acceptors (Lipinski definition) is 1. The van der Waals surface area contributed by atoms with Crippen LogP contribution in [0.3, 0.4) is 0 Å². The molecule has 0 aliphatic carbocycles. The van der Waals surface area contributed by atoms with Crippen LogP contribution in [0.25, 0.3) is 0 Å². The van der Waals surface area contributed by atoms with E-state index in [2.05, 4.69) is 12.6 Å². The molecule has 0 atom stereocenters. The fourth-order valence-electron chi connectivity index (χ4n) is 0.693. The quantitative estimate of drug-likeness (QED) is 0.237. The van der Waals surface area contributed by atoms with Gasteiger partial charge in [0.1, 0.15) is 5.75 Å². The number of halogens is 6. The summed E-state index contributed by atoms with van der Waals surface area (Å²) in [7, 11) is -10.7. The van der Waals surface area contributed by atoms with Gasteiger partial charge in [0.05, 0.1) is 0 Å². The molecule has 0 unspecified atom stereocenters. The topological polar surface area (TPSA) is 17.1 Å². The molecule has 0 rings (SSSR count). The fourth-order valence-corrected chi connectivity index (χ4v) is 0.943. The summed E-state index contributed by atoms with van der Waals surface area (Å²) in [5.41, 5.74) is 0. The van der Waals surface area contributed by atoms with Crippen molar-refractivity contribution in [2.45, 2.75) is 26.2 Å². The average Bonchev–Trinajstić information content (AvgIpc) is 1.99. The summed E-state index contributed by atoms with van der Waals surface area (Å²) in [6.45, 7) is 1.86. The van der Waals surface area contributed by atoms with Crippen molar-refractivity contribution in [3.63, 3.8) is 0 Å². The Balaban J connectivity index is 0. The molecule has 0 saturated carbocycles. The zero-order chi connectivity index (χ0) is 14.2. The molecule has 0 aromatic rings. The Bertz CT molecular complexity index is 258. The van der Waals surface area contributed by atoms with Crippen molar-refractivity contribution in [2.24, 2.45) is 0 Å². The van der Waals surface area contributed by atoms with Crippen molar-refractivity contribution in [1.29, 1.82) is 0 Å². The summed E-state index contributed by atoms with van der Waals surface area (Å²) in [5.74, 6) is 1.23. The van der Waals surface area contributed by atoms with Crippen LogP contribution in [-0.4, -0.2) is 11.5 Å². The number of rotatable bonds is 5. The van der Waals surface area contributed by atoms with Crippen molar-refractivity contribution in [3.05, 3.63) is 12.2 Å². The van der Waals surface area contributed by atoms with Crippen molar-refractivity contribution in [3.8, 4) is 0 Å². The van der Waals surface area contributed by atoms with Crippen LogP contribution in [0.4, 0.5) is 25.2 Å². The maximum absolute atomic E-state index is 10.8. The van der Waals surface area contributed by atoms with E-state index in [0.717, 1.165) is 18.6 Å². The minimum absolute atomic E-state index is 0.239. The average molecular weight is 304 g/mol. The summed E-state index contributed by atoms with van der Waals surface area (Å²) >= 11 is 3.35. The Kier molecular flexibility index (Phi) is 6.85. The van der Waals surface area contributed by atoms with Gasteiger partial charge < -0.3 is 0 Å². The van der Waals surface area contributed by atoms with E-state index in [-0.39, 0.29) is 5.78 Å². The predicted molar refractivity (Wildman–Crippen MR) is 62.3 cm³/mol. The first-order valence-electron chi connectivity index (χ1n) is 4.62. The van der Waals surface area contributed by atoms with E-state index in [1.807, 2.05) is 6.92 Å². The molecule has 1 nitrogen and oxygen atoms in total. The van der Waals surface area contributed by atoms with Gasteiger partial charge in [0.2, 0.25) is 0 Å². The van der Waals surface area contributed by atoms with E-state index < -0.39 is 7.81 Å². The van der Waals surface area contributed by atoms with E-state index in [1.54, 1.807) is 12.2 Å². The third-order valence-corrected chi connectivity index (χ3v) is 1.56. The van der Waals surface area contributed by atoms with E-state index in [9.17, 15) is 30.0 Å². The molecular formula is C8H15F6OPS. The van der Waals surface area contributed by atoms with Gasteiger partial charge in [0, 0.05) is 6.42 Å². The first-order valence-corrected chi connectivity index (χ1v) is 7.36. The molecule has 0 amide bonds. The molecule has 0 aliphatic rings. The molecule has 0 saturated heterocycles. The molecule has 0 aromatic heterocycles. The molecule has 0 N–H and O–H groups in total. The van der Waals surface area contributed by atoms with Gasteiger partial charge in [0.25, 0.3) is 0 Å². The van der Waals surface area contributed by atoms with Crippen LogP contribution in [-0.2, 0) is 17.4 Å². The predicted octanol–water partition coefficient (Wildman–Crippen LogP) is 4.70. The Hall–Kier alpha value is -0.230. The van der Waals surface area contributed by atoms with E-state index in [1.165, 1.54) is 0 Å². The molecule has 0 spiro atoms. The molecule has 0 aliphatic heterocycles. The van der Waals surface area contributed by atoms with Gasteiger partial charge in [-0.05, 0) is 38.5 Å². The van der Waals surface area contributed by atoms with Crippen LogP contribution in [0.2, 0.25) is 0 Å². The molecular weight excluding hydrogens is 289 g/mol. The number of hydrogen-bond donors (Lipinski definition) is 0. The monoisotopic (exact) mass is 304 g/mol. The van der Waals surface area contributed by atoms with Gasteiger partial charge in [0.15, 0.2) is 5.78 Å². The number of carbonyl (C=O) groups excluding carboxylic acids is 1. The van der Waals surface area contributed by atoms with Crippen molar-refractivity contribution < 1.29 is 30.0 Å². The van der Waals surface area contributed by atoms with Crippen LogP contribution < -0.4 is 0 Å². The SMILES string of the molecule is C/C=C/C(=O)CCCC[SH2+].F[P-](F)(F)(F)(F)F. The number of ketones is 1. The van der Waals surface area contributed by atoms with Crippen LogP contribution in [0.5, 0.6) is 0 Å². The van der Waals surface area contributed by atoms with Crippen LogP contribution in [0, 0.1) is 0 Å². The zero-order valence-electron chi connectivity index (χ0n) is 9.11. The zero-order valence-corrected chi connectivity index (χ0v) is 11.0. The van der Waals surface area contributed by atoms with Crippen LogP contribution in [0.1, 0.15) is 26.2 Å². The number of allylic oxidation sites excluding steroid dienone is 2. The molecule has 0 bridgehead atoms. The van der Waals surface area contributed by atoms with Gasteiger partial charge in [-0.25, -0.2) is 0 Å². The Labute approximate surface area is 101 Å². The molecule has 106 valence electrons. The summed E-state index contributed by atoms with van der Waals surface area (Å²) < 4.78 is 59.2. The van der Waals surface area contributed by atoms with Gasteiger partial charge in [-0.1, -0.05) is 6.08 Å².